The van der Waals surface area contributed by atoms with Gasteiger partial charge in [0.1, 0.15) is 0 Å². The number of anilines is 2. The standard InChI is InChI=1S/C13H17N5O/c1-3-18-8-10(7-15-18)16-13(19)11-6-9(2)4-5-12(11)17-14/h4-8,17H,3,14H2,1-2H3,(H,16,19). The van der Waals surface area contributed by atoms with Gasteiger partial charge < -0.3 is 10.7 Å². The molecule has 19 heavy (non-hydrogen) atoms. The van der Waals surface area contributed by atoms with Crippen LogP contribution in [0.15, 0.2) is 30.6 Å². The number of carbonyl (C=O) groups is 1. The minimum atomic E-state index is -0.215. The van der Waals surface area contributed by atoms with Gasteiger partial charge in [0.15, 0.2) is 0 Å². The number of aromatic nitrogens is 2. The summed E-state index contributed by atoms with van der Waals surface area (Å²) in [6, 6.07) is 5.45. The second-order valence-electron chi connectivity index (χ2n) is 4.23. The van der Waals surface area contributed by atoms with Gasteiger partial charge in [-0.25, -0.2) is 0 Å². The summed E-state index contributed by atoms with van der Waals surface area (Å²) in [5.74, 6) is 5.20. The van der Waals surface area contributed by atoms with Crippen molar-refractivity contribution in [3.63, 3.8) is 0 Å². The molecule has 0 fully saturated rings. The highest BCUT2D eigenvalue weighted by atomic mass is 16.1. The van der Waals surface area contributed by atoms with E-state index in [2.05, 4.69) is 15.8 Å². The summed E-state index contributed by atoms with van der Waals surface area (Å²) < 4.78 is 1.74. The lowest BCUT2D eigenvalue weighted by atomic mass is 10.1. The summed E-state index contributed by atoms with van der Waals surface area (Å²) in [6.45, 7) is 4.66. The summed E-state index contributed by atoms with van der Waals surface area (Å²) in [5, 5.41) is 6.90. The van der Waals surface area contributed by atoms with Crippen LogP contribution in [0.5, 0.6) is 0 Å². The molecule has 0 aliphatic carbocycles. The fraction of sp³-hybridized carbons (Fsp3) is 0.231. The first-order valence-corrected chi connectivity index (χ1v) is 6.05. The number of hydrogen-bond donors (Lipinski definition) is 3. The fourth-order valence-corrected chi connectivity index (χ4v) is 1.77. The molecule has 6 nitrogen and oxygen atoms in total. The summed E-state index contributed by atoms with van der Waals surface area (Å²) in [5.41, 5.74) is 5.28. The molecule has 2 aromatic rings. The van der Waals surface area contributed by atoms with E-state index in [0.29, 0.717) is 16.9 Å². The number of nitrogens with zero attached hydrogens (tertiary/aromatic N) is 2. The van der Waals surface area contributed by atoms with Crippen molar-refractivity contribution in [1.82, 2.24) is 9.78 Å². The van der Waals surface area contributed by atoms with Gasteiger partial charge in [-0.05, 0) is 26.0 Å². The van der Waals surface area contributed by atoms with Gasteiger partial charge in [0.05, 0.1) is 23.1 Å². The number of hydrazine groups is 1. The van der Waals surface area contributed by atoms with Gasteiger partial charge in [0.25, 0.3) is 5.91 Å². The maximum absolute atomic E-state index is 12.2. The predicted molar refractivity (Wildman–Crippen MR) is 74.8 cm³/mol. The van der Waals surface area contributed by atoms with Gasteiger partial charge in [-0.3, -0.25) is 15.3 Å². The third kappa shape index (κ3) is 2.92. The molecule has 1 aromatic heterocycles. The number of carbonyl (C=O) groups excluding carboxylic acids is 1. The minimum Gasteiger partial charge on any atom is -0.323 e. The van der Waals surface area contributed by atoms with Crippen molar-refractivity contribution in [2.75, 3.05) is 10.7 Å². The molecule has 0 saturated heterocycles. The Balaban J connectivity index is 2.21. The third-order valence-electron chi connectivity index (χ3n) is 2.79. The van der Waals surface area contributed by atoms with E-state index in [1.807, 2.05) is 19.9 Å². The van der Waals surface area contributed by atoms with E-state index in [4.69, 9.17) is 5.84 Å². The Morgan fingerprint density at radius 3 is 2.89 bits per heavy atom. The number of amides is 1. The lowest BCUT2D eigenvalue weighted by molar-refractivity contribution is 0.102. The maximum Gasteiger partial charge on any atom is 0.257 e. The van der Waals surface area contributed by atoms with Crippen LogP contribution in [-0.2, 0) is 6.54 Å². The molecule has 2 rings (SSSR count). The topological polar surface area (TPSA) is 85.0 Å². The zero-order chi connectivity index (χ0) is 13.8. The van der Waals surface area contributed by atoms with Gasteiger partial charge in [0.2, 0.25) is 0 Å². The quantitative estimate of drug-likeness (QED) is 0.577. The monoisotopic (exact) mass is 259 g/mol. The Morgan fingerprint density at radius 2 is 2.26 bits per heavy atom. The number of aryl methyl sites for hydroxylation is 2. The molecule has 0 aliphatic rings. The molecule has 6 heteroatoms. The summed E-state index contributed by atoms with van der Waals surface area (Å²) in [6.07, 6.45) is 3.40. The molecule has 0 radical (unpaired) electrons. The molecule has 4 N–H and O–H groups in total. The first-order chi connectivity index (χ1) is 9.13. The average molecular weight is 259 g/mol. The van der Waals surface area contributed by atoms with Crippen molar-refractivity contribution in [2.24, 2.45) is 5.84 Å². The Labute approximate surface area is 111 Å². The first-order valence-electron chi connectivity index (χ1n) is 6.05. The molecule has 0 saturated carbocycles. The zero-order valence-corrected chi connectivity index (χ0v) is 11.0. The second-order valence-corrected chi connectivity index (χ2v) is 4.23. The number of rotatable bonds is 4. The normalized spacial score (nSPS) is 10.3. The summed E-state index contributed by atoms with van der Waals surface area (Å²) in [4.78, 5) is 12.2. The maximum atomic E-state index is 12.2. The Morgan fingerprint density at radius 1 is 1.47 bits per heavy atom. The van der Waals surface area contributed by atoms with Crippen molar-refractivity contribution >= 4 is 17.3 Å². The number of nitrogens with one attached hydrogen (secondary N) is 2. The van der Waals surface area contributed by atoms with Gasteiger partial charge in [0, 0.05) is 12.7 Å². The summed E-state index contributed by atoms with van der Waals surface area (Å²) >= 11 is 0. The van der Waals surface area contributed by atoms with Crippen LogP contribution in [-0.4, -0.2) is 15.7 Å². The van der Waals surface area contributed by atoms with Crippen LogP contribution in [0.25, 0.3) is 0 Å². The molecular weight excluding hydrogens is 242 g/mol. The van der Waals surface area contributed by atoms with Crippen LogP contribution in [0.1, 0.15) is 22.8 Å². The lowest BCUT2D eigenvalue weighted by Crippen LogP contribution is -2.17. The summed E-state index contributed by atoms with van der Waals surface area (Å²) in [7, 11) is 0. The van der Waals surface area contributed by atoms with Crippen molar-refractivity contribution in [3.05, 3.63) is 41.7 Å². The molecule has 100 valence electrons. The lowest BCUT2D eigenvalue weighted by Gasteiger charge is -2.09. The predicted octanol–water partition coefficient (Wildman–Crippen LogP) is 1.75. The zero-order valence-electron chi connectivity index (χ0n) is 11.0. The molecule has 1 heterocycles. The van der Waals surface area contributed by atoms with E-state index in [1.54, 1.807) is 29.2 Å². The van der Waals surface area contributed by atoms with E-state index in [-0.39, 0.29) is 5.91 Å². The number of nitrogen functional groups attached to an aromatic ring is 1. The van der Waals surface area contributed by atoms with Crippen molar-refractivity contribution in [1.29, 1.82) is 0 Å². The molecule has 0 spiro atoms. The van der Waals surface area contributed by atoms with E-state index in [0.717, 1.165) is 12.1 Å². The smallest absolute Gasteiger partial charge is 0.257 e. The van der Waals surface area contributed by atoms with Gasteiger partial charge in [-0.15, -0.1) is 0 Å². The molecule has 0 unspecified atom stereocenters. The number of hydrogen-bond acceptors (Lipinski definition) is 4. The first kappa shape index (κ1) is 13.1. The van der Waals surface area contributed by atoms with Gasteiger partial charge in [-0.2, -0.15) is 5.10 Å². The molecular formula is C13H17N5O. The highest BCUT2D eigenvalue weighted by Gasteiger charge is 2.12. The number of benzene rings is 1. The van der Waals surface area contributed by atoms with Crippen LogP contribution in [0, 0.1) is 6.92 Å². The van der Waals surface area contributed by atoms with Crippen LogP contribution in [0.4, 0.5) is 11.4 Å². The third-order valence-corrected chi connectivity index (χ3v) is 2.79. The van der Waals surface area contributed by atoms with Gasteiger partial charge >= 0.3 is 0 Å². The molecule has 1 aromatic carbocycles. The van der Waals surface area contributed by atoms with E-state index in [9.17, 15) is 4.79 Å². The van der Waals surface area contributed by atoms with E-state index >= 15 is 0 Å². The van der Waals surface area contributed by atoms with Crippen LogP contribution in [0.2, 0.25) is 0 Å². The molecule has 1 amide bonds. The van der Waals surface area contributed by atoms with Crippen LogP contribution >= 0.6 is 0 Å². The Kier molecular flexibility index (Phi) is 3.82. The van der Waals surface area contributed by atoms with Crippen molar-refractivity contribution in [2.45, 2.75) is 20.4 Å². The van der Waals surface area contributed by atoms with E-state index in [1.165, 1.54) is 0 Å². The SMILES string of the molecule is CCn1cc(NC(=O)c2cc(C)ccc2NN)cn1. The second kappa shape index (κ2) is 5.53. The highest BCUT2D eigenvalue weighted by molar-refractivity contribution is 6.08. The fourth-order valence-electron chi connectivity index (χ4n) is 1.77. The van der Waals surface area contributed by atoms with Crippen LogP contribution < -0.4 is 16.6 Å². The molecule has 0 bridgehead atoms. The molecule has 0 aliphatic heterocycles. The Bertz CT molecular complexity index is 590. The van der Waals surface area contributed by atoms with E-state index < -0.39 is 0 Å². The van der Waals surface area contributed by atoms with Crippen LogP contribution in [0.3, 0.4) is 0 Å². The van der Waals surface area contributed by atoms with Gasteiger partial charge in [-0.1, -0.05) is 11.6 Å². The van der Waals surface area contributed by atoms with Crippen molar-refractivity contribution < 1.29 is 4.79 Å². The highest BCUT2D eigenvalue weighted by Crippen LogP contribution is 2.18. The largest absolute Gasteiger partial charge is 0.323 e. The number of nitrogens with two attached hydrogens (primary N) is 1. The average Bonchev–Trinajstić information content (AvgIpc) is 2.86. The Hall–Kier alpha value is -2.34. The molecule has 0 atom stereocenters. The minimum absolute atomic E-state index is 0.215. The van der Waals surface area contributed by atoms with Crippen molar-refractivity contribution in [3.8, 4) is 0 Å².